The maximum atomic E-state index is 5.74. The summed E-state index contributed by atoms with van der Waals surface area (Å²) in [6, 6.07) is 9.16. The van der Waals surface area contributed by atoms with Crippen LogP contribution in [0.2, 0.25) is 0 Å². The van der Waals surface area contributed by atoms with Gasteiger partial charge >= 0.3 is 0 Å². The molecule has 0 aliphatic heterocycles. The Kier molecular flexibility index (Phi) is 7.73. The van der Waals surface area contributed by atoms with Crippen LogP contribution in [0.4, 0.5) is 0 Å². The van der Waals surface area contributed by atoms with Crippen LogP contribution in [-0.2, 0) is 11.3 Å². The van der Waals surface area contributed by atoms with E-state index in [-0.39, 0.29) is 0 Å². The molecule has 122 valence electrons. The molecule has 0 unspecified atom stereocenters. The van der Waals surface area contributed by atoms with Gasteiger partial charge < -0.3 is 4.74 Å². The minimum absolute atomic E-state index is 0.762. The summed E-state index contributed by atoms with van der Waals surface area (Å²) in [4.78, 5) is 0. The van der Waals surface area contributed by atoms with Crippen LogP contribution in [0.1, 0.15) is 75.8 Å². The first kappa shape index (κ1) is 17.3. The van der Waals surface area contributed by atoms with Crippen LogP contribution in [-0.4, -0.2) is 6.61 Å². The first-order valence-electron chi connectivity index (χ1n) is 9.13. The van der Waals surface area contributed by atoms with Gasteiger partial charge in [0.25, 0.3) is 0 Å². The number of allylic oxidation sites excluding steroid dienone is 2. The Morgan fingerprint density at radius 2 is 1.77 bits per heavy atom. The minimum atomic E-state index is 0.762. The Morgan fingerprint density at radius 3 is 2.41 bits per heavy atom. The van der Waals surface area contributed by atoms with Gasteiger partial charge in [0.1, 0.15) is 0 Å². The standard InChI is InChI=1S/C21H32O/c1-3-5-6-16-22-17-19-10-14-21(15-11-19)20-12-8-18(7-4-2)9-13-20/h4,7,10-11,14-15,18,20H,3,5-6,8-9,12-13,16-17H2,1-2H3/b7-4-/t18-,20-. The lowest BCUT2D eigenvalue weighted by Gasteiger charge is -2.27. The molecule has 1 aromatic carbocycles. The van der Waals surface area contributed by atoms with Crippen molar-refractivity contribution in [2.45, 2.75) is 71.3 Å². The smallest absolute Gasteiger partial charge is 0.0716 e. The molecule has 1 nitrogen and oxygen atoms in total. The van der Waals surface area contributed by atoms with E-state index >= 15 is 0 Å². The molecule has 0 saturated heterocycles. The highest BCUT2D eigenvalue weighted by Crippen LogP contribution is 2.36. The van der Waals surface area contributed by atoms with Gasteiger partial charge in [-0.15, -0.1) is 0 Å². The van der Waals surface area contributed by atoms with E-state index in [4.69, 9.17) is 4.74 Å². The topological polar surface area (TPSA) is 9.23 Å². The Hall–Kier alpha value is -1.08. The van der Waals surface area contributed by atoms with Crippen LogP contribution in [0.25, 0.3) is 0 Å². The summed E-state index contributed by atoms with van der Waals surface area (Å²) in [5, 5.41) is 0. The number of unbranched alkanes of at least 4 members (excludes halogenated alkanes) is 2. The second kappa shape index (κ2) is 9.84. The quantitative estimate of drug-likeness (QED) is 0.407. The van der Waals surface area contributed by atoms with E-state index in [0.29, 0.717) is 0 Å². The molecule has 0 aromatic heterocycles. The molecule has 0 radical (unpaired) electrons. The average Bonchev–Trinajstić information content (AvgIpc) is 2.56. The molecular weight excluding hydrogens is 268 g/mol. The fourth-order valence-electron chi connectivity index (χ4n) is 3.45. The van der Waals surface area contributed by atoms with Crippen molar-refractivity contribution in [3.05, 3.63) is 47.5 Å². The highest BCUT2D eigenvalue weighted by atomic mass is 16.5. The molecule has 1 saturated carbocycles. The third kappa shape index (κ3) is 5.61. The molecule has 1 aliphatic carbocycles. The summed E-state index contributed by atoms with van der Waals surface area (Å²) >= 11 is 0. The predicted molar refractivity (Wildman–Crippen MR) is 95.1 cm³/mol. The average molecular weight is 300 g/mol. The summed E-state index contributed by atoms with van der Waals surface area (Å²) in [5.74, 6) is 1.58. The summed E-state index contributed by atoms with van der Waals surface area (Å²) in [7, 11) is 0. The number of ether oxygens (including phenoxy) is 1. The van der Waals surface area contributed by atoms with Gasteiger partial charge in [0.2, 0.25) is 0 Å². The Labute approximate surface area is 136 Å². The third-order valence-corrected chi connectivity index (χ3v) is 4.85. The molecule has 0 amide bonds. The zero-order valence-electron chi connectivity index (χ0n) is 14.4. The van der Waals surface area contributed by atoms with Crippen LogP contribution >= 0.6 is 0 Å². The lowest BCUT2D eigenvalue weighted by molar-refractivity contribution is 0.117. The Balaban J connectivity index is 1.75. The number of hydrogen-bond donors (Lipinski definition) is 0. The molecule has 1 heteroatoms. The van der Waals surface area contributed by atoms with Crippen LogP contribution in [0, 0.1) is 5.92 Å². The molecule has 22 heavy (non-hydrogen) atoms. The van der Waals surface area contributed by atoms with E-state index in [1.54, 1.807) is 0 Å². The molecule has 2 rings (SSSR count). The molecule has 0 spiro atoms. The summed E-state index contributed by atoms with van der Waals surface area (Å²) < 4.78 is 5.74. The summed E-state index contributed by atoms with van der Waals surface area (Å²) in [6.07, 6.45) is 13.7. The van der Waals surface area contributed by atoms with Gasteiger partial charge in [-0.25, -0.2) is 0 Å². The highest BCUT2D eigenvalue weighted by Gasteiger charge is 2.20. The van der Waals surface area contributed by atoms with Crippen molar-refractivity contribution in [2.75, 3.05) is 6.61 Å². The first-order chi connectivity index (χ1) is 10.8. The third-order valence-electron chi connectivity index (χ3n) is 4.85. The van der Waals surface area contributed by atoms with E-state index in [1.165, 1.54) is 56.1 Å². The van der Waals surface area contributed by atoms with Crippen LogP contribution in [0.5, 0.6) is 0 Å². The summed E-state index contributed by atoms with van der Waals surface area (Å²) in [5.41, 5.74) is 2.83. The maximum absolute atomic E-state index is 5.74. The van der Waals surface area contributed by atoms with Gasteiger partial charge in [0, 0.05) is 6.61 Å². The van der Waals surface area contributed by atoms with E-state index in [1.807, 2.05) is 0 Å². The minimum Gasteiger partial charge on any atom is -0.377 e. The van der Waals surface area contributed by atoms with Crippen molar-refractivity contribution >= 4 is 0 Å². The first-order valence-corrected chi connectivity index (χ1v) is 9.13. The van der Waals surface area contributed by atoms with Crippen molar-refractivity contribution in [3.63, 3.8) is 0 Å². The largest absolute Gasteiger partial charge is 0.377 e. The molecule has 0 heterocycles. The van der Waals surface area contributed by atoms with Crippen molar-refractivity contribution in [1.29, 1.82) is 0 Å². The van der Waals surface area contributed by atoms with Crippen molar-refractivity contribution in [3.8, 4) is 0 Å². The Bertz CT molecular complexity index is 424. The lowest BCUT2D eigenvalue weighted by atomic mass is 9.78. The number of benzene rings is 1. The van der Waals surface area contributed by atoms with E-state index in [2.05, 4.69) is 50.3 Å². The van der Waals surface area contributed by atoms with Crippen molar-refractivity contribution in [1.82, 2.24) is 0 Å². The normalized spacial score (nSPS) is 22.3. The second-order valence-electron chi connectivity index (χ2n) is 6.64. The second-order valence-corrected chi connectivity index (χ2v) is 6.64. The molecule has 1 aromatic rings. The highest BCUT2D eigenvalue weighted by molar-refractivity contribution is 5.25. The van der Waals surface area contributed by atoms with E-state index in [9.17, 15) is 0 Å². The van der Waals surface area contributed by atoms with Gasteiger partial charge in [-0.1, -0.05) is 56.2 Å². The molecular formula is C21H32O. The predicted octanol–water partition coefficient (Wildman–Crippen LogP) is 6.24. The SMILES string of the molecule is C/C=C\[C@H]1CC[C@H](c2ccc(COCCCCC)cc2)CC1. The zero-order valence-corrected chi connectivity index (χ0v) is 14.4. The van der Waals surface area contributed by atoms with Crippen LogP contribution in [0.15, 0.2) is 36.4 Å². The molecule has 1 aliphatic rings. The van der Waals surface area contributed by atoms with Crippen LogP contribution < -0.4 is 0 Å². The van der Waals surface area contributed by atoms with E-state index in [0.717, 1.165) is 25.0 Å². The fourth-order valence-corrected chi connectivity index (χ4v) is 3.45. The van der Waals surface area contributed by atoms with Gasteiger partial charge in [-0.3, -0.25) is 0 Å². The fraction of sp³-hybridized carbons (Fsp3) is 0.619. The number of hydrogen-bond acceptors (Lipinski definition) is 1. The van der Waals surface area contributed by atoms with Gasteiger partial charge in [0.15, 0.2) is 0 Å². The molecule has 1 fully saturated rings. The zero-order chi connectivity index (χ0) is 15.6. The van der Waals surface area contributed by atoms with Gasteiger partial charge in [-0.05, 0) is 62.0 Å². The van der Waals surface area contributed by atoms with E-state index < -0.39 is 0 Å². The molecule has 0 atom stereocenters. The Morgan fingerprint density at radius 1 is 1.05 bits per heavy atom. The van der Waals surface area contributed by atoms with Crippen molar-refractivity contribution < 1.29 is 4.74 Å². The lowest BCUT2D eigenvalue weighted by Crippen LogP contribution is -2.11. The molecule has 0 N–H and O–H groups in total. The van der Waals surface area contributed by atoms with Gasteiger partial charge in [-0.2, -0.15) is 0 Å². The summed E-state index contributed by atoms with van der Waals surface area (Å²) in [6.45, 7) is 6.02. The van der Waals surface area contributed by atoms with Gasteiger partial charge in [0.05, 0.1) is 6.61 Å². The maximum Gasteiger partial charge on any atom is 0.0716 e. The molecule has 0 bridgehead atoms. The van der Waals surface area contributed by atoms with Crippen LogP contribution in [0.3, 0.4) is 0 Å². The monoisotopic (exact) mass is 300 g/mol. The number of rotatable bonds is 8. The van der Waals surface area contributed by atoms with Crippen molar-refractivity contribution in [2.24, 2.45) is 5.92 Å².